The molecule has 22 heavy (non-hydrogen) atoms. The van der Waals surface area contributed by atoms with Gasteiger partial charge in [-0.3, -0.25) is 9.79 Å². The van der Waals surface area contributed by atoms with Crippen LogP contribution in [0.1, 0.15) is 37.4 Å². The van der Waals surface area contributed by atoms with Gasteiger partial charge in [0, 0.05) is 18.2 Å². The molecule has 0 radical (unpaired) electrons. The van der Waals surface area contributed by atoms with Crippen molar-refractivity contribution < 1.29 is 4.79 Å². The number of benzene rings is 1. The van der Waals surface area contributed by atoms with Crippen molar-refractivity contribution in [2.75, 3.05) is 12.4 Å². The van der Waals surface area contributed by atoms with Crippen molar-refractivity contribution in [2.45, 2.75) is 46.0 Å². The van der Waals surface area contributed by atoms with Gasteiger partial charge in [-0.1, -0.05) is 50.8 Å². The summed E-state index contributed by atoms with van der Waals surface area (Å²) >= 11 is 1.69. The molecule has 0 aliphatic heterocycles. The zero-order chi connectivity index (χ0) is 16.8. The lowest BCUT2D eigenvalue weighted by Crippen LogP contribution is -2.26. The predicted octanol–water partition coefficient (Wildman–Crippen LogP) is 4.26. The fraction of sp³-hybridized carbons (Fsp3) is 0.529. The third-order valence-electron chi connectivity index (χ3n) is 3.25. The number of amides is 1. The van der Waals surface area contributed by atoms with Crippen molar-refractivity contribution in [3.8, 4) is 0 Å². The number of rotatable bonds is 6. The molecule has 0 saturated carbocycles. The maximum atomic E-state index is 11.5. The number of hydrogen-bond donors (Lipinski definition) is 1. The van der Waals surface area contributed by atoms with Crippen molar-refractivity contribution in [1.82, 2.24) is 5.32 Å². The fourth-order valence-corrected chi connectivity index (χ4v) is 3.24. The van der Waals surface area contributed by atoms with Crippen LogP contribution >= 0.6 is 11.8 Å². The molecule has 0 saturated heterocycles. The van der Waals surface area contributed by atoms with E-state index < -0.39 is 8.07 Å². The Balaban J connectivity index is 2.84. The summed E-state index contributed by atoms with van der Waals surface area (Å²) in [5.41, 5.74) is 2.28. The lowest BCUT2D eigenvalue weighted by Gasteiger charge is -2.15. The van der Waals surface area contributed by atoms with Crippen molar-refractivity contribution >= 4 is 30.8 Å². The molecule has 0 fully saturated rings. The molecule has 1 rings (SSSR count). The van der Waals surface area contributed by atoms with Crippen LogP contribution in [0.25, 0.3) is 0 Å². The fourth-order valence-electron chi connectivity index (χ4n) is 1.92. The Kier molecular flexibility index (Phi) is 7.36. The molecule has 5 heteroatoms. The highest BCUT2D eigenvalue weighted by molar-refractivity contribution is 8.13. The molecule has 0 aliphatic rings. The first-order valence-electron chi connectivity index (χ1n) is 7.75. The van der Waals surface area contributed by atoms with Gasteiger partial charge in [0.25, 0.3) is 0 Å². The van der Waals surface area contributed by atoms with Crippen LogP contribution in [0.5, 0.6) is 0 Å². The summed E-state index contributed by atoms with van der Waals surface area (Å²) in [6, 6.07) is 8.40. The molecule has 1 unspecified atom stereocenters. The minimum Gasteiger partial charge on any atom is -0.350 e. The summed E-state index contributed by atoms with van der Waals surface area (Å²) in [6.07, 6.45) is 3.54. The first kappa shape index (κ1) is 19.0. The minimum atomic E-state index is -1.17. The molecule has 0 aromatic heterocycles. The maximum absolute atomic E-state index is 11.5. The number of thioether (sulfide) groups is 1. The van der Waals surface area contributed by atoms with Crippen molar-refractivity contribution in [3.05, 3.63) is 35.4 Å². The minimum absolute atomic E-state index is 0.0400. The van der Waals surface area contributed by atoms with Gasteiger partial charge in [0.05, 0.1) is 19.2 Å². The second-order valence-electron chi connectivity index (χ2n) is 6.65. The van der Waals surface area contributed by atoms with E-state index in [2.05, 4.69) is 55.5 Å². The van der Waals surface area contributed by atoms with Crippen molar-refractivity contribution in [3.63, 3.8) is 0 Å². The first-order valence-corrected chi connectivity index (χ1v) is 12.7. The van der Waals surface area contributed by atoms with Gasteiger partial charge >= 0.3 is 0 Å². The molecule has 0 spiro atoms. The molecular weight excluding hydrogens is 308 g/mol. The monoisotopic (exact) mass is 336 g/mol. The Bertz CT molecular complexity index is 520. The van der Waals surface area contributed by atoms with E-state index in [1.54, 1.807) is 11.8 Å². The molecular formula is C17H28N2OSSi. The van der Waals surface area contributed by atoms with Gasteiger partial charge in [-0.15, -0.1) is 11.8 Å². The SMILES string of the molecule is CCC(=O)NC(C)c1ccc(C(=NC[Si](C)(C)C)SC)cc1. The first-order chi connectivity index (χ1) is 10.3. The zero-order valence-corrected chi connectivity index (χ0v) is 16.4. The highest BCUT2D eigenvalue weighted by Crippen LogP contribution is 2.17. The summed E-state index contributed by atoms with van der Waals surface area (Å²) in [7, 11) is -1.17. The van der Waals surface area contributed by atoms with Crippen LogP contribution in [0, 0.1) is 0 Å². The molecule has 122 valence electrons. The number of aliphatic imine (C=N–C) groups is 1. The van der Waals surface area contributed by atoms with Crippen LogP contribution in [0.4, 0.5) is 0 Å². The Morgan fingerprint density at radius 3 is 2.32 bits per heavy atom. The summed E-state index contributed by atoms with van der Waals surface area (Å²) in [4.78, 5) is 16.3. The Hall–Kier alpha value is -1.07. The largest absolute Gasteiger partial charge is 0.350 e. The number of nitrogens with zero attached hydrogens (tertiary/aromatic N) is 1. The van der Waals surface area contributed by atoms with Gasteiger partial charge in [-0.2, -0.15) is 0 Å². The average molecular weight is 337 g/mol. The number of nitrogens with one attached hydrogen (secondary N) is 1. The van der Waals surface area contributed by atoms with E-state index in [9.17, 15) is 4.79 Å². The van der Waals surface area contributed by atoms with Crippen LogP contribution in [-0.2, 0) is 4.79 Å². The second-order valence-corrected chi connectivity index (χ2v) is 12.9. The molecule has 0 bridgehead atoms. The van der Waals surface area contributed by atoms with E-state index in [1.807, 2.05) is 13.8 Å². The van der Waals surface area contributed by atoms with Crippen LogP contribution < -0.4 is 5.32 Å². The van der Waals surface area contributed by atoms with E-state index in [1.165, 1.54) is 0 Å². The lowest BCUT2D eigenvalue weighted by molar-refractivity contribution is -0.121. The van der Waals surface area contributed by atoms with E-state index in [4.69, 9.17) is 4.99 Å². The topological polar surface area (TPSA) is 41.5 Å². The Labute approximate surface area is 140 Å². The van der Waals surface area contributed by atoms with Gasteiger partial charge in [0.2, 0.25) is 5.91 Å². The quantitative estimate of drug-likeness (QED) is 0.479. The van der Waals surface area contributed by atoms with Crippen LogP contribution in [-0.4, -0.2) is 31.4 Å². The van der Waals surface area contributed by atoms with Gasteiger partial charge in [-0.25, -0.2) is 0 Å². The molecule has 0 heterocycles. The summed E-state index contributed by atoms with van der Waals surface area (Å²) in [5.74, 6) is 0.0816. The molecule has 1 amide bonds. The lowest BCUT2D eigenvalue weighted by atomic mass is 10.1. The average Bonchev–Trinajstić information content (AvgIpc) is 2.47. The summed E-state index contributed by atoms with van der Waals surface area (Å²) < 4.78 is 0. The van der Waals surface area contributed by atoms with E-state index in [0.29, 0.717) is 6.42 Å². The summed E-state index contributed by atoms with van der Waals surface area (Å²) in [5, 5.41) is 4.08. The third kappa shape index (κ3) is 6.36. The van der Waals surface area contributed by atoms with Gasteiger partial charge in [-0.05, 0) is 18.7 Å². The van der Waals surface area contributed by atoms with Gasteiger partial charge in [0.15, 0.2) is 0 Å². The number of hydrogen-bond acceptors (Lipinski definition) is 3. The van der Waals surface area contributed by atoms with Crippen LogP contribution in [0.15, 0.2) is 29.3 Å². The highest BCUT2D eigenvalue weighted by atomic mass is 32.2. The molecule has 1 N–H and O–H groups in total. The smallest absolute Gasteiger partial charge is 0.220 e. The molecule has 1 aromatic carbocycles. The van der Waals surface area contributed by atoms with E-state index in [-0.39, 0.29) is 11.9 Å². The van der Waals surface area contributed by atoms with Crippen molar-refractivity contribution in [1.29, 1.82) is 0 Å². The predicted molar refractivity (Wildman–Crippen MR) is 102 cm³/mol. The van der Waals surface area contributed by atoms with Crippen molar-refractivity contribution in [2.24, 2.45) is 4.99 Å². The zero-order valence-electron chi connectivity index (χ0n) is 14.6. The van der Waals surface area contributed by atoms with Gasteiger partial charge in [0.1, 0.15) is 0 Å². The molecule has 0 aliphatic carbocycles. The highest BCUT2D eigenvalue weighted by Gasteiger charge is 2.13. The molecule has 1 aromatic rings. The molecule has 3 nitrogen and oxygen atoms in total. The number of carbonyl (C=O) groups excluding carboxylic acids is 1. The third-order valence-corrected chi connectivity index (χ3v) is 5.10. The summed E-state index contributed by atoms with van der Waals surface area (Å²) in [6.45, 7) is 10.9. The van der Waals surface area contributed by atoms with Crippen LogP contribution in [0.3, 0.4) is 0 Å². The molecule has 1 atom stereocenters. The Morgan fingerprint density at radius 2 is 1.86 bits per heavy atom. The van der Waals surface area contributed by atoms with Gasteiger partial charge < -0.3 is 5.32 Å². The van der Waals surface area contributed by atoms with E-state index >= 15 is 0 Å². The van der Waals surface area contributed by atoms with Crippen LogP contribution in [0.2, 0.25) is 19.6 Å². The second kappa shape index (κ2) is 8.53. The van der Waals surface area contributed by atoms with E-state index in [0.717, 1.165) is 22.3 Å². The standard InChI is InChI=1S/C17H28N2OSSi/c1-7-16(20)19-13(2)14-8-10-15(11-9-14)17(21-3)18-12-22(4,5)6/h8-11,13H,7,12H2,1-6H3,(H,19,20). The Morgan fingerprint density at radius 1 is 1.27 bits per heavy atom. The number of carbonyl (C=O) groups is 1. The normalized spacial score (nSPS) is 13.8. The maximum Gasteiger partial charge on any atom is 0.220 e.